The quantitative estimate of drug-likeness (QED) is 0.0197. The van der Waals surface area contributed by atoms with Gasteiger partial charge in [-0.15, -0.1) is 0 Å². The smallest absolute Gasteiger partial charge is 0.462 e. The molecule has 0 bridgehead atoms. The van der Waals surface area contributed by atoms with Gasteiger partial charge in [0.05, 0.1) is 19.8 Å². The van der Waals surface area contributed by atoms with Gasteiger partial charge in [0.1, 0.15) is 12.7 Å². The monoisotopic (exact) mass is 991 g/mol. The second kappa shape index (κ2) is 50.5. The number of rotatable bonds is 44. The van der Waals surface area contributed by atoms with Gasteiger partial charge in [-0.3, -0.25) is 23.4 Å². The summed E-state index contributed by atoms with van der Waals surface area (Å²) in [5, 5.41) is 9.75. The maximum Gasteiger partial charge on any atom is 0.472 e. The van der Waals surface area contributed by atoms with E-state index in [1.807, 2.05) is 48.6 Å². The Hall–Kier alpha value is -4.90. The van der Waals surface area contributed by atoms with Crippen LogP contribution in [-0.2, 0) is 42.2 Å². The van der Waals surface area contributed by atoms with Gasteiger partial charge in [0.2, 0.25) is 0 Å². The molecule has 0 aromatic rings. The summed E-state index contributed by atoms with van der Waals surface area (Å²) in [7, 11) is -4.80. The fraction of sp³-hybridized carbons (Fsp3) is 0.500. The third-order valence-electron chi connectivity index (χ3n) is 9.45. The molecule has 70 heavy (non-hydrogen) atoms. The zero-order chi connectivity index (χ0) is 51.3. The van der Waals surface area contributed by atoms with Crippen LogP contribution >= 0.6 is 7.82 Å². The summed E-state index contributed by atoms with van der Waals surface area (Å²) in [4.78, 5) is 48.2. The van der Waals surface area contributed by atoms with Crippen LogP contribution in [0.2, 0.25) is 0 Å². The van der Waals surface area contributed by atoms with Gasteiger partial charge in [-0.25, -0.2) is 4.57 Å². The zero-order valence-electron chi connectivity index (χ0n) is 42.7. The maximum atomic E-state index is 12.8. The van der Waals surface area contributed by atoms with E-state index in [0.29, 0.717) is 32.1 Å². The number of esters is 3. The van der Waals surface area contributed by atoms with E-state index in [1.165, 1.54) is 0 Å². The predicted molar refractivity (Wildman–Crippen MR) is 288 cm³/mol. The van der Waals surface area contributed by atoms with Crippen molar-refractivity contribution in [2.24, 2.45) is 0 Å². The maximum absolute atomic E-state index is 12.8. The van der Waals surface area contributed by atoms with Gasteiger partial charge in [-0.05, 0) is 109 Å². The van der Waals surface area contributed by atoms with Gasteiger partial charge in [0.25, 0.3) is 0 Å². The van der Waals surface area contributed by atoms with Crippen molar-refractivity contribution in [2.45, 2.75) is 161 Å². The van der Waals surface area contributed by atoms with Crippen LogP contribution in [-0.4, -0.2) is 66.5 Å². The number of carbonyl (C=O) groups is 3. The fourth-order valence-electron chi connectivity index (χ4n) is 5.71. The summed E-state index contributed by atoms with van der Waals surface area (Å²) in [6, 6.07) is 0. The third kappa shape index (κ3) is 48.1. The molecule has 0 aliphatic rings. The number of ether oxygens (including phenoxy) is 3. The highest BCUT2D eigenvalue weighted by atomic mass is 31.2. The Labute approximate surface area is 422 Å². The molecule has 0 aliphatic carbocycles. The minimum Gasteiger partial charge on any atom is -0.462 e. The second-order valence-electron chi connectivity index (χ2n) is 15.8. The molecular weight excluding hydrogens is 904 g/mol. The number of phosphoric acid groups is 1. The van der Waals surface area contributed by atoms with Crippen LogP contribution in [0, 0.1) is 0 Å². The van der Waals surface area contributed by atoms with Gasteiger partial charge in [-0.1, -0.05) is 179 Å². The van der Waals surface area contributed by atoms with Crippen LogP contribution in [0.15, 0.2) is 158 Å². The fourth-order valence-corrected chi connectivity index (χ4v) is 6.49. The first-order chi connectivity index (χ1) is 34.2. The normalized spacial score (nSPS) is 14.8. The molecule has 3 atom stereocenters. The van der Waals surface area contributed by atoms with Gasteiger partial charge >= 0.3 is 25.7 Å². The predicted octanol–water partition coefficient (Wildman–Crippen LogP) is 14.6. The molecule has 0 aromatic heterocycles. The molecule has 0 spiro atoms. The van der Waals surface area contributed by atoms with Crippen molar-refractivity contribution >= 4 is 25.7 Å². The molecule has 0 saturated heterocycles. The summed E-state index contributed by atoms with van der Waals surface area (Å²) in [6.07, 6.45) is 65.5. The Morgan fingerprint density at radius 2 is 0.700 bits per heavy atom. The van der Waals surface area contributed by atoms with E-state index in [0.717, 1.165) is 77.0 Å². The Kier molecular flexibility index (Phi) is 47.0. The number of allylic oxidation sites excluding steroid dienone is 26. The SMILES string of the molecule is CC/C=C\C/C=C\C/C=C\C/C=C\C/C=C\CCCC(=O)OCC(COP(=O)(O)OCC(CO)OC(=O)CC/C=C\C/C=C\C/C=C\C/C=C\CC)OC(=O)CC/C=C\C/C=C\C/C=C\C/C=C\CC. The zero-order valence-corrected chi connectivity index (χ0v) is 43.5. The second-order valence-corrected chi connectivity index (χ2v) is 17.3. The van der Waals surface area contributed by atoms with E-state index in [-0.39, 0.29) is 19.3 Å². The van der Waals surface area contributed by atoms with E-state index < -0.39 is 64.4 Å². The van der Waals surface area contributed by atoms with Crippen LogP contribution in [0.1, 0.15) is 149 Å². The lowest BCUT2D eigenvalue weighted by Crippen LogP contribution is -2.30. The van der Waals surface area contributed by atoms with Crippen LogP contribution < -0.4 is 0 Å². The lowest BCUT2D eigenvalue weighted by Gasteiger charge is -2.21. The minimum absolute atomic E-state index is 0.0189. The molecule has 2 N–H and O–H groups in total. The molecule has 0 fully saturated rings. The van der Waals surface area contributed by atoms with Gasteiger partial charge in [0.15, 0.2) is 6.10 Å². The Balaban J connectivity index is 5.00. The van der Waals surface area contributed by atoms with Crippen molar-refractivity contribution in [2.75, 3.05) is 26.4 Å². The molecule has 0 amide bonds. The third-order valence-corrected chi connectivity index (χ3v) is 10.4. The number of hydrogen-bond donors (Lipinski definition) is 2. The van der Waals surface area contributed by atoms with Crippen molar-refractivity contribution in [3.8, 4) is 0 Å². The van der Waals surface area contributed by atoms with Crippen molar-refractivity contribution in [3.63, 3.8) is 0 Å². The van der Waals surface area contributed by atoms with Crippen LogP contribution in [0.5, 0.6) is 0 Å². The molecule has 0 heterocycles. The molecule has 11 nitrogen and oxygen atoms in total. The first-order valence-electron chi connectivity index (χ1n) is 25.4. The highest BCUT2D eigenvalue weighted by Gasteiger charge is 2.28. The number of phosphoric ester groups is 1. The van der Waals surface area contributed by atoms with Gasteiger partial charge in [0, 0.05) is 19.3 Å². The van der Waals surface area contributed by atoms with E-state index in [1.54, 1.807) is 0 Å². The summed E-state index contributed by atoms with van der Waals surface area (Å²) in [6.45, 7) is 4.00. The highest BCUT2D eigenvalue weighted by molar-refractivity contribution is 7.47. The Bertz CT molecular complexity index is 1770. The van der Waals surface area contributed by atoms with Gasteiger partial charge < -0.3 is 24.2 Å². The van der Waals surface area contributed by atoms with Crippen LogP contribution in [0.3, 0.4) is 0 Å². The summed E-state index contributed by atoms with van der Waals surface area (Å²) < 4.78 is 39.1. The molecule has 3 unspecified atom stereocenters. The van der Waals surface area contributed by atoms with Gasteiger partial charge in [-0.2, -0.15) is 0 Å². The summed E-state index contributed by atoms with van der Waals surface area (Å²) >= 11 is 0. The number of aliphatic hydroxyl groups excluding tert-OH is 1. The van der Waals surface area contributed by atoms with Crippen molar-refractivity contribution < 1.29 is 52.2 Å². The summed E-state index contributed by atoms with van der Waals surface area (Å²) in [5.41, 5.74) is 0. The molecule has 0 saturated carbocycles. The van der Waals surface area contributed by atoms with Crippen LogP contribution in [0.4, 0.5) is 0 Å². The molecular formula is C58H87O11P. The Morgan fingerprint density at radius 1 is 0.400 bits per heavy atom. The average molecular weight is 991 g/mol. The van der Waals surface area contributed by atoms with E-state index in [9.17, 15) is 28.9 Å². The molecule has 0 aromatic carbocycles. The lowest BCUT2D eigenvalue weighted by atomic mass is 10.2. The molecule has 0 aliphatic heterocycles. The number of hydrogen-bond acceptors (Lipinski definition) is 10. The molecule has 390 valence electrons. The Morgan fingerprint density at radius 3 is 1.04 bits per heavy atom. The largest absolute Gasteiger partial charge is 0.472 e. The first kappa shape index (κ1) is 65.1. The highest BCUT2D eigenvalue weighted by Crippen LogP contribution is 2.43. The van der Waals surface area contributed by atoms with Crippen molar-refractivity contribution in [3.05, 3.63) is 158 Å². The minimum atomic E-state index is -4.80. The van der Waals surface area contributed by atoms with E-state index >= 15 is 0 Å². The van der Waals surface area contributed by atoms with E-state index in [4.69, 9.17) is 23.3 Å². The molecule has 12 heteroatoms. The van der Waals surface area contributed by atoms with E-state index in [2.05, 4.69) is 130 Å². The number of aliphatic hydroxyl groups is 1. The standard InChI is InChI=1S/C58H87O11P/c1-4-7-10-13-16-19-22-25-26-27-28-31-32-35-38-41-44-47-56(60)65-51-55(69-58(62)49-46-43-40-37-34-30-24-21-18-15-12-9-6-3)53-67-70(63,64)66-52-54(50-59)68-57(61)48-45-42-39-36-33-29-23-20-17-14-11-8-5-2/h7-12,16-21,25-26,28-31,33-35,38-40,42-43,54-55,59H,4-6,13-15,22-24,27,32,36-37,41,44-53H2,1-3H3,(H,63,64)/b10-7-,11-8-,12-9-,19-16-,20-17-,21-18-,26-25-,31-28-,33-29-,34-30-,38-35-,42-39-,43-40-. The van der Waals surface area contributed by atoms with Crippen molar-refractivity contribution in [1.82, 2.24) is 0 Å². The van der Waals surface area contributed by atoms with Crippen LogP contribution in [0.25, 0.3) is 0 Å². The van der Waals surface area contributed by atoms with Crippen molar-refractivity contribution in [1.29, 1.82) is 0 Å². The average Bonchev–Trinajstić information content (AvgIpc) is 3.35. The lowest BCUT2D eigenvalue weighted by molar-refractivity contribution is -0.161. The first-order valence-corrected chi connectivity index (χ1v) is 26.9. The topological polar surface area (TPSA) is 155 Å². The molecule has 0 radical (unpaired) electrons. The molecule has 0 rings (SSSR count). The number of carbonyl (C=O) groups excluding carboxylic acids is 3. The summed E-state index contributed by atoms with van der Waals surface area (Å²) in [5.74, 6) is -1.75. The number of unbranched alkanes of at least 4 members (excludes halogenated alkanes) is 1.